The molecular formula is C45H60ClN5O9. The van der Waals surface area contributed by atoms with Crippen molar-refractivity contribution in [1.29, 1.82) is 0 Å². The summed E-state index contributed by atoms with van der Waals surface area (Å²) in [5.74, 6) is 1.27. The van der Waals surface area contributed by atoms with Crippen molar-refractivity contribution in [1.82, 2.24) is 20.1 Å². The predicted octanol–water partition coefficient (Wildman–Crippen LogP) is 6.07. The first-order valence-electron chi connectivity index (χ1n) is 21.7. The van der Waals surface area contributed by atoms with Crippen molar-refractivity contribution in [3.05, 3.63) is 46.6 Å². The van der Waals surface area contributed by atoms with Gasteiger partial charge in [-0.3, -0.25) is 19.3 Å². The Hall–Kier alpha value is -4.40. The van der Waals surface area contributed by atoms with Crippen LogP contribution < -0.4 is 20.5 Å². The van der Waals surface area contributed by atoms with Gasteiger partial charge in [-0.1, -0.05) is 42.2 Å². The van der Waals surface area contributed by atoms with Gasteiger partial charge in [-0.2, -0.15) is 0 Å². The largest absolute Gasteiger partial charge is 0.491 e. The topological polar surface area (TPSA) is 172 Å². The summed E-state index contributed by atoms with van der Waals surface area (Å²) in [6, 6.07) is 3.65. The Morgan fingerprint density at radius 1 is 1.02 bits per heavy atom. The minimum absolute atomic E-state index is 0.0366. The van der Waals surface area contributed by atoms with Crippen molar-refractivity contribution >= 4 is 52.5 Å². The van der Waals surface area contributed by atoms with Crippen LogP contribution in [0.3, 0.4) is 0 Å². The normalized spacial score (nSPS) is 26.3. The maximum absolute atomic E-state index is 14.4. The van der Waals surface area contributed by atoms with Gasteiger partial charge in [0.1, 0.15) is 47.4 Å². The number of nitrogens with zero attached hydrogens (tertiary/aromatic N) is 3. The van der Waals surface area contributed by atoms with Crippen LogP contribution in [0.15, 0.2) is 35.9 Å². The van der Waals surface area contributed by atoms with Crippen molar-refractivity contribution in [2.45, 2.75) is 102 Å². The molecule has 0 spiro atoms. The lowest BCUT2D eigenvalue weighted by molar-refractivity contribution is -0.142. The first-order valence-corrected chi connectivity index (χ1v) is 22.0. The lowest BCUT2D eigenvalue weighted by Crippen LogP contribution is -2.53. The molecule has 0 bridgehead atoms. The fourth-order valence-electron chi connectivity index (χ4n) is 8.94. The second-order valence-corrected chi connectivity index (χ2v) is 17.7. The first-order chi connectivity index (χ1) is 29.0. The fourth-order valence-corrected chi connectivity index (χ4v) is 9.20. The number of alkyl carbamates (subject to hydrolysis) is 1. The molecular weight excluding hydrogens is 790 g/mol. The number of hydrogen-bond acceptors (Lipinski definition) is 11. The van der Waals surface area contributed by atoms with E-state index in [2.05, 4.69) is 22.4 Å². The Bertz CT molecular complexity index is 1940. The van der Waals surface area contributed by atoms with Crippen molar-refractivity contribution in [2.24, 2.45) is 29.4 Å². The number of fused-ring (bicyclic) bond motifs is 2. The Morgan fingerprint density at radius 3 is 2.53 bits per heavy atom. The number of unbranched alkanes of at least 4 members (excludes halogenated alkanes) is 3. The number of pyridine rings is 1. The zero-order valence-electron chi connectivity index (χ0n) is 35.1. The molecule has 5 fully saturated rings. The molecule has 3 aliphatic carbocycles. The van der Waals surface area contributed by atoms with Crippen molar-refractivity contribution in [2.75, 3.05) is 53.1 Å². The van der Waals surface area contributed by atoms with E-state index in [1.54, 1.807) is 0 Å². The fraction of sp³-hybridized carbons (Fsp3) is 0.622. The summed E-state index contributed by atoms with van der Waals surface area (Å²) < 4.78 is 28.8. The zero-order valence-corrected chi connectivity index (χ0v) is 35.8. The molecule has 3 heterocycles. The standard InChI is InChI=1S/C45H60ClN5O9/c1-27(2)19-31-24-39(34-11-12-38(40(46)41(34)48-31)58-18-15-50-13-16-57-17-14-50)59-33-25-37(42(47)52)51(26-33)43(53)36(49-45(55)60-32-21-29-20-30(29)22-32)10-8-6-4-5-7-9-28-23-35(28)44(54)56-3/h7,9,11-12,19,24,28-30,32-33,35-37H,4-6,8,10,13-18,20-23,25-26H2,1-3H3,(H2,47,52)(H,49,55)/b9-7-/t28-,29-,30+,32+,33-,35+,36+,37+/m1/s1. The van der Waals surface area contributed by atoms with E-state index >= 15 is 0 Å². The van der Waals surface area contributed by atoms with Gasteiger partial charge in [0.05, 0.1) is 44.0 Å². The molecule has 1 aromatic heterocycles. The van der Waals surface area contributed by atoms with E-state index in [0.717, 1.165) is 63.7 Å². The number of likely N-dealkylation sites (tertiary alicyclic amines) is 1. The quantitative estimate of drug-likeness (QED) is 0.0956. The highest BCUT2D eigenvalue weighted by atomic mass is 35.5. The third kappa shape index (κ3) is 11.3. The van der Waals surface area contributed by atoms with Crippen LogP contribution in [0.5, 0.6) is 11.5 Å². The summed E-state index contributed by atoms with van der Waals surface area (Å²) >= 11 is 6.97. The number of rotatable bonds is 19. The average Bonchev–Trinajstić information content (AvgIpc) is 4.08. The molecule has 2 aromatic rings. The zero-order chi connectivity index (χ0) is 42.3. The van der Waals surface area contributed by atoms with E-state index < -0.39 is 36.1 Å². The van der Waals surface area contributed by atoms with Gasteiger partial charge in [0.2, 0.25) is 11.8 Å². The van der Waals surface area contributed by atoms with Gasteiger partial charge in [-0.05, 0) is 94.8 Å². The van der Waals surface area contributed by atoms with Gasteiger partial charge >= 0.3 is 12.1 Å². The number of methoxy groups -OCH3 is 1. The molecule has 0 radical (unpaired) electrons. The molecule has 3 N–H and O–H groups in total. The molecule has 15 heteroatoms. The molecule has 0 unspecified atom stereocenters. The number of amides is 3. The van der Waals surface area contributed by atoms with Crippen LogP contribution in [0, 0.1) is 23.7 Å². The molecule has 14 nitrogen and oxygen atoms in total. The van der Waals surface area contributed by atoms with Crippen molar-refractivity contribution in [3.63, 3.8) is 0 Å². The number of nitrogens with one attached hydrogen (secondary N) is 1. The molecule has 60 heavy (non-hydrogen) atoms. The number of allylic oxidation sites excluding steroid dienone is 3. The number of morpholine rings is 1. The smallest absolute Gasteiger partial charge is 0.408 e. The highest BCUT2D eigenvalue weighted by molar-refractivity contribution is 6.36. The van der Waals surface area contributed by atoms with Gasteiger partial charge in [0, 0.05) is 37.5 Å². The maximum Gasteiger partial charge on any atom is 0.408 e. The number of benzene rings is 1. The van der Waals surface area contributed by atoms with Crippen molar-refractivity contribution < 1.29 is 42.9 Å². The molecule has 3 saturated carbocycles. The van der Waals surface area contributed by atoms with E-state index in [-0.39, 0.29) is 36.9 Å². The summed E-state index contributed by atoms with van der Waals surface area (Å²) in [6.45, 7) is 8.36. The van der Waals surface area contributed by atoms with Crippen LogP contribution in [-0.4, -0.2) is 116 Å². The second-order valence-electron chi connectivity index (χ2n) is 17.3. The number of nitrogens with two attached hydrogens (primary N) is 1. The van der Waals surface area contributed by atoms with Gasteiger partial charge in [-0.25, -0.2) is 9.78 Å². The van der Waals surface area contributed by atoms with Gasteiger partial charge < -0.3 is 39.6 Å². The monoisotopic (exact) mass is 849 g/mol. The number of carbonyl (C=O) groups excluding carboxylic acids is 4. The van der Waals surface area contributed by atoms with E-state index in [4.69, 9.17) is 46.0 Å². The highest BCUT2D eigenvalue weighted by Gasteiger charge is 2.48. The third-order valence-electron chi connectivity index (χ3n) is 12.4. The lowest BCUT2D eigenvalue weighted by atomic mass is 10.0. The van der Waals surface area contributed by atoms with Crippen LogP contribution >= 0.6 is 11.6 Å². The van der Waals surface area contributed by atoms with E-state index in [1.807, 2.05) is 38.1 Å². The Balaban J connectivity index is 1.02. The molecule has 8 atom stereocenters. The van der Waals surface area contributed by atoms with Crippen LogP contribution in [0.4, 0.5) is 4.79 Å². The van der Waals surface area contributed by atoms with E-state index in [9.17, 15) is 19.2 Å². The average molecular weight is 850 g/mol. The third-order valence-corrected chi connectivity index (χ3v) is 12.8. The van der Waals surface area contributed by atoms with E-state index in [1.165, 1.54) is 18.4 Å². The van der Waals surface area contributed by atoms with Gasteiger partial charge in [-0.15, -0.1) is 0 Å². The Morgan fingerprint density at radius 2 is 1.80 bits per heavy atom. The Labute approximate surface area is 357 Å². The molecule has 2 saturated heterocycles. The summed E-state index contributed by atoms with van der Waals surface area (Å²) in [5.41, 5.74) is 8.11. The molecule has 7 rings (SSSR count). The summed E-state index contributed by atoms with van der Waals surface area (Å²) in [5, 5.41) is 3.89. The first kappa shape index (κ1) is 43.7. The summed E-state index contributed by atoms with van der Waals surface area (Å²) in [7, 11) is 1.41. The number of ether oxygens (including phenoxy) is 5. The highest BCUT2D eigenvalue weighted by Crippen LogP contribution is 2.52. The van der Waals surface area contributed by atoms with Crippen molar-refractivity contribution in [3.8, 4) is 11.5 Å². The van der Waals surface area contributed by atoms with Crippen LogP contribution in [0.25, 0.3) is 17.0 Å². The van der Waals surface area contributed by atoms with Gasteiger partial charge in [0.25, 0.3) is 0 Å². The molecule has 326 valence electrons. The predicted molar refractivity (Wildman–Crippen MR) is 226 cm³/mol. The molecule has 2 aliphatic heterocycles. The lowest BCUT2D eigenvalue weighted by Gasteiger charge is -2.28. The number of aromatic nitrogens is 1. The number of hydrogen-bond donors (Lipinski definition) is 2. The number of carbonyl (C=O) groups is 4. The number of halogens is 1. The maximum atomic E-state index is 14.4. The van der Waals surface area contributed by atoms with Crippen LogP contribution in [-0.2, 0) is 28.6 Å². The number of esters is 1. The number of primary amides is 1. The summed E-state index contributed by atoms with van der Waals surface area (Å²) in [4.78, 5) is 60.9. The van der Waals surface area contributed by atoms with E-state index in [0.29, 0.717) is 77.6 Å². The molecule has 3 amide bonds. The molecule has 5 aliphatic rings. The molecule has 1 aromatic carbocycles. The minimum atomic E-state index is -0.938. The second kappa shape index (κ2) is 20.0. The van der Waals surface area contributed by atoms with Crippen LogP contribution in [0.1, 0.15) is 83.7 Å². The van der Waals surface area contributed by atoms with Gasteiger partial charge in [0.15, 0.2) is 0 Å². The Kier molecular flexibility index (Phi) is 14.5. The summed E-state index contributed by atoms with van der Waals surface area (Å²) in [6.07, 6.45) is 12.2. The minimum Gasteiger partial charge on any atom is -0.491 e. The SMILES string of the molecule is COC(=O)[C@H]1C[C@H]1/C=C\CCCCC[C@H](NC(=O)O[C@@H]1C[C@@H]2C[C@@H]2C1)C(=O)N1C[C@H](Oc2cc(C=C(C)C)nc3c(Cl)c(OCCN4CCOCC4)ccc23)C[C@H]1C(N)=O. The van der Waals surface area contributed by atoms with Crippen LogP contribution in [0.2, 0.25) is 5.02 Å².